The van der Waals surface area contributed by atoms with E-state index in [-0.39, 0.29) is 40.0 Å². The average molecular weight is 1180 g/mol. The lowest BCUT2D eigenvalue weighted by Gasteiger charge is -2.19. The lowest BCUT2D eigenvalue weighted by Crippen LogP contribution is -2.10. The predicted octanol–water partition coefficient (Wildman–Crippen LogP) is 22.0. The molecule has 14 aromatic rings. The molecule has 11 aromatic carbocycles. The van der Waals surface area contributed by atoms with Crippen LogP contribution in [0.4, 0.5) is 49.1 Å². The molecule has 0 fully saturated rings. The molecule has 0 saturated heterocycles. The number of halogens is 6. The Labute approximate surface area is 510 Å². The number of benzene rings is 11. The van der Waals surface area contributed by atoms with Crippen LogP contribution in [-0.2, 0) is 12.4 Å². The first-order chi connectivity index (χ1) is 43.6. The van der Waals surface area contributed by atoms with Gasteiger partial charge in [-0.05, 0) is 154 Å². The number of nitrogens with zero attached hydrogens (tertiary/aromatic N) is 9. The van der Waals surface area contributed by atoms with Gasteiger partial charge >= 0.3 is 12.4 Å². The molecule has 0 saturated carbocycles. The zero-order valence-corrected chi connectivity index (χ0v) is 46.8. The summed E-state index contributed by atoms with van der Waals surface area (Å²) < 4.78 is 95.9. The number of alkyl halides is 6. The molecular formula is C75H39F6N9. The van der Waals surface area contributed by atoms with Crippen LogP contribution in [0.2, 0.25) is 0 Å². The molecule has 0 aliphatic heterocycles. The zero-order valence-electron chi connectivity index (χ0n) is 46.8. The maximum Gasteiger partial charge on any atom is 0.416 e. The molecule has 0 aliphatic rings. The Morgan fingerprint density at radius 1 is 0.278 bits per heavy atom. The van der Waals surface area contributed by atoms with Gasteiger partial charge in [0.2, 0.25) is 0 Å². The molecule has 0 radical (unpaired) electrons. The number of hydrogen-bond donors (Lipinski definition) is 0. The van der Waals surface area contributed by atoms with Crippen molar-refractivity contribution in [1.82, 2.24) is 24.1 Å². The highest BCUT2D eigenvalue weighted by Crippen LogP contribution is 2.46. The third-order valence-electron chi connectivity index (χ3n) is 16.0. The summed E-state index contributed by atoms with van der Waals surface area (Å²) in [5.41, 5.74) is 8.48. The third kappa shape index (κ3) is 9.94. The number of hydrogen-bond acceptors (Lipinski definition) is 3. The SMILES string of the molecule is [C-]#[N+]c1cccc(-c2ccc3c(c2)c2cc(-c4cccc([N+]#[C-])c4)ccc2n3-c2ccc(C(F)(F)F)cc2-c2nc(-c3ccccc3)nc(-c3cc(C(F)(F)F)ccc3-n3c4ccc(-c5cccc([N+]#[C-])c5)cc4c4cc(-c5cccc([N+]#[C-])c5)ccc43)n2)c1. The molecule has 3 heterocycles. The van der Waals surface area contributed by atoms with Gasteiger partial charge in [-0.25, -0.2) is 34.3 Å². The summed E-state index contributed by atoms with van der Waals surface area (Å²) in [5.74, 6) is -0.599. The molecule has 0 unspecified atom stereocenters. The Kier molecular flexibility index (Phi) is 13.4. The van der Waals surface area contributed by atoms with E-state index >= 15 is 26.3 Å². The molecule has 0 bridgehead atoms. The van der Waals surface area contributed by atoms with Crippen LogP contribution in [0.25, 0.3) is 153 Å². The molecule has 0 amide bonds. The summed E-state index contributed by atoms with van der Waals surface area (Å²) in [6.45, 7) is 30.9. The number of aromatic nitrogens is 5. The van der Waals surface area contributed by atoms with Gasteiger partial charge in [-0.15, -0.1) is 0 Å². The van der Waals surface area contributed by atoms with E-state index in [1.165, 1.54) is 12.1 Å². The molecule has 0 aliphatic carbocycles. The Balaban J connectivity index is 1.04. The lowest BCUT2D eigenvalue weighted by atomic mass is 10.00. The maximum absolute atomic E-state index is 15.4. The van der Waals surface area contributed by atoms with Gasteiger partial charge in [0, 0.05) is 38.2 Å². The minimum atomic E-state index is -4.89. The van der Waals surface area contributed by atoms with E-state index in [0.29, 0.717) is 71.9 Å². The van der Waals surface area contributed by atoms with Crippen molar-refractivity contribution in [3.8, 4) is 90.0 Å². The highest BCUT2D eigenvalue weighted by molar-refractivity contribution is 6.13. The number of fused-ring (bicyclic) bond motifs is 6. The fourth-order valence-corrected chi connectivity index (χ4v) is 11.8. The van der Waals surface area contributed by atoms with Gasteiger partial charge < -0.3 is 9.13 Å². The number of rotatable bonds is 9. The van der Waals surface area contributed by atoms with E-state index in [0.717, 1.165) is 68.8 Å². The Hall–Kier alpha value is -12.4. The van der Waals surface area contributed by atoms with Gasteiger partial charge in [-0.3, -0.25) is 0 Å². The van der Waals surface area contributed by atoms with E-state index in [9.17, 15) is 0 Å². The minimum Gasteiger partial charge on any atom is -0.309 e. The first kappa shape index (κ1) is 55.4. The molecule has 426 valence electrons. The van der Waals surface area contributed by atoms with Crippen LogP contribution in [0, 0.1) is 26.3 Å². The molecule has 0 spiro atoms. The van der Waals surface area contributed by atoms with Crippen LogP contribution in [0.3, 0.4) is 0 Å². The van der Waals surface area contributed by atoms with E-state index in [4.69, 9.17) is 41.2 Å². The highest BCUT2D eigenvalue weighted by atomic mass is 19.4. The second-order valence-corrected chi connectivity index (χ2v) is 21.4. The molecule has 0 N–H and O–H groups in total. The third-order valence-corrected chi connectivity index (χ3v) is 16.0. The van der Waals surface area contributed by atoms with E-state index in [1.54, 1.807) is 103 Å². The summed E-state index contributed by atoms with van der Waals surface area (Å²) in [6.07, 6.45) is -9.78. The zero-order chi connectivity index (χ0) is 62.0. The Bertz CT molecular complexity index is 4930. The van der Waals surface area contributed by atoms with Gasteiger partial charge in [0.25, 0.3) is 0 Å². The summed E-state index contributed by atoms with van der Waals surface area (Å²) in [4.78, 5) is 29.4. The van der Waals surface area contributed by atoms with Crippen LogP contribution in [-0.4, -0.2) is 24.1 Å². The fraction of sp³-hybridized carbons (Fsp3) is 0.0267. The van der Waals surface area contributed by atoms with Gasteiger partial charge in [0.15, 0.2) is 40.2 Å². The Morgan fingerprint density at radius 3 is 0.867 bits per heavy atom. The normalized spacial score (nSPS) is 11.6. The van der Waals surface area contributed by atoms with Crippen molar-refractivity contribution >= 4 is 66.4 Å². The molecular weight excluding hydrogens is 1140 g/mol. The monoisotopic (exact) mass is 1180 g/mol. The quantitative estimate of drug-likeness (QED) is 0.107. The van der Waals surface area contributed by atoms with Gasteiger partial charge in [0.05, 0.1) is 70.9 Å². The fourth-order valence-electron chi connectivity index (χ4n) is 11.8. The van der Waals surface area contributed by atoms with Crippen LogP contribution < -0.4 is 0 Å². The minimum absolute atomic E-state index is 0.0399. The largest absolute Gasteiger partial charge is 0.416 e. The van der Waals surface area contributed by atoms with Crippen LogP contribution >= 0.6 is 0 Å². The van der Waals surface area contributed by atoms with Crippen molar-refractivity contribution in [3.05, 3.63) is 293 Å². The van der Waals surface area contributed by atoms with Crippen molar-refractivity contribution in [2.24, 2.45) is 0 Å². The molecule has 90 heavy (non-hydrogen) atoms. The molecule has 0 atom stereocenters. The Morgan fingerprint density at radius 2 is 0.567 bits per heavy atom. The summed E-state index contributed by atoms with van der Waals surface area (Å²) >= 11 is 0. The molecule has 3 aromatic heterocycles. The van der Waals surface area contributed by atoms with Crippen molar-refractivity contribution in [2.45, 2.75) is 12.4 Å². The van der Waals surface area contributed by atoms with Crippen molar-refractivity contribution < 1.29 is 26.3 Å². The predicted molar refractivity (Wildman–Crippen MR) is 342 cm³/mol. The second-order valence-electron chi connectivity index (χ2n) is 21.4. The van der Waals surface area contributed by atoms with Gasteiger partial charge in [0.1, 0.15) is 0 Å². The lowest BCUT2D eigenvalue weighted by molar-refractivity contribution is -0.138. The van der Waals surface area contributed by atoms with Gasteiger partial charge in [-0.2, -0.15) is 26.3 Å². The summed E-state index contributed by atoms with van der Waals surface area (Å²) in [5, 5.41) is 2.77. The molecule has 15 heteroatoms. The van der Waals surface area contributed by atoms with E-state index in [1.807, 2.05) is 106 Å². The molecule has 9 nitrogen and oxygen atoms in total. The topological polar surface area (TPSA) is 66.0 Å². The van der Waals surface area contributed by atoms with Crippen LogP contribution in [0.5, 0.6) is 0 Å². The highest BCUT2D eigenvalue weighted by Gasteiger charge is 2.35. The van der Waals surface area contributed by atoms with Crippen molar-refractivity contribution in [1.29, 1.82) is 0 Å². The standard InChI is InChI=1S/C75H39F6N9/c1-82-55-18-8-14-45(34-55)49-22-28-65-59(38-49)60-39-50(46-15-9-19-56(35-46)83-2)23-29-66(60)89(65)69-32-26-53(74(76,77)78)42-63(69)72-86-71(44-12-6-5-7-13-44)87-73(88-72)64-43-54(75(79,80)81)27-33-70(64)90-67-30-24-51(47-16-10-20-57(36-47)84-3)40-61(67)62-41-52(25-31-68(62)90)48-17-11-21-58(37-48)85-4/h5-43H. The van der Waals surface area contributed by atoms with Crippen LogP contribution in [0.1, 0.15) is 11.1 Å². The summed E-state index contributed by atoms with van der Waals surface area (Å²) in [6, 6.07) is 66.4. The average Bonchev–Trinajstić information content (AvgIpc) is 1.56. The smallest absolute Gasteiger partial charge is 0.309 e. The first-order valence-electron chi connectivity index (χ1n) is 28.0. The van der Waals surface area contributed by atoms with Crippen molar-refractivity contribution in [2.75, 3.05) is 0 Å². The first-order valence-corrected chi connectivity index (χ1v) is 28.0. The maximum atomic E-state index is 15.4. The van der Waals surface area contributed by atoms with Crippen LogP contribution in [0.15, 0.2) is 237 Å². The van der Waals surface area contributed by atoms with Crippen molar-refractivity contribution in [3.63, 3.8) is 0 Å². The second kappa shape index (κ2) is 21.8. The van der Waals surface area contributed by atoms with Gasteiger partial charge in [-0.1, -0.05) is 127 Å². The molecule has 14 rings (SSSR count). The van der Waals surface area contributed by atoms with E-state index < -0.39 is 23.5 Å². The summed E-state index contributed by atoms with van der Waals surface area (Å²) in [7, 11) is 0. The van der Waals surface area contributed by atoms with E-state index in [2.05, 4.69) is 19.4 Å².